The highest BCUT2D eigenvalue weighted by molar-refractivity contribution is 4.66. The average molecular weight is 660 g/mol. The molecule has 0 heterocycles. The highest BCUT2D eigenvalue weighted by Gasteiger charge is 2.15. The Labute approximate surface area is 280 Å². The van der Waals surface area contributed by atoms with Crippen LogP contribution in [0.1, 0.15) is 96.3 Å². The van der Waals surface area contributed by atoms with Gasteiger partial charge in [-0.1, -0.05) is 57.8 Å². The smallest absolute Gasteiger partial charge is 0.0704 e. The quantitative estimate of drug-likeness (QED) is 0.0931. The molecular weight excluding hydrogens is 590 g/mol. The summed E-state index contributed by atoms with van der Waals surface area (Å²) in [6.45, 7) is 11.9. The van der Waals surface area contributed by atoms with Gasteiger partial charge in [0.25, 0.3) is 0 Å². The maximum Gasteiger partial charge on any atom is 0.0704 e. The average Bonchev–Trinajstić information content (AvgIpc) is 3.10. The molecule has 0 saturated heterocycles. The minimum Gasteiger partial charge on any atom is -0.378 e. The molecule has 0 aliphatic heterocycles. The van der Waals surface area contributed by atoms with E-state index in [1.54, 1.807) is 0 Å². The Morgan fingerprint density at radius 3 is 0.804 bits per heavy atom. The summed E-state index contributed by atoms with van der Waals surface area (Å²) in [6, 6.07) is 0. The van der Waals surface area contributed by atoms with Crippen molar-refractivity contribution in [3.63, 3.8) is 0 Å². The molecule has 0 unspecified atom stereocenters. The molecule has 0 N–H and O–H groups in total. The second kappa shape index (κ2) is 29.5. The summed E-state index contributed by atoms with van der Waals surface area (Å²) < 4.78 is 52.5. The van der Waals surface area contributed by atoms with Gasteiger partial charge in [0.1, 0.15) is 0 Å². The van der Waals surface area contributed by atoms with Crippen LogP contribution in [0.2, 0.25) is 0 Å². The van der Waals surface area contributed by atoms with Crippen molar-refractivity contribution in [2.75, 3.05) is 119 Å². The van der Waals surface area contributed by atoms with E-state index in [0.717, 1.165) is 19.6 Å². The second-order valence-corrected chi connectivity index (χ2v) is 12.9. The number of hydrogen-bond donors (Lipinski definition) is 0. The Hall–Kier alpha value is -0.400. The Balaban J connectivity index is 1.15. The van der Waals surface area contributed by atoms with Gasteiger partial charge >= 0.3 is 0 Å². The van der Waals surface area contributed by atoms with Gasteiger partial charge in [0.05, 0.1) is 117 Å². The van der Waals surface area contributed by atoms with E-state index in [1.807, 2.05) is 0 Å². The molecule has 0 radical (unpaired) electrons. The van der Waals surface area contributed by atoms with E-state index in [9.17, 15) is 0 Å². The minimum absolute atomic E-state index is 0.434. The van der Waals surface area contributed by atoms with Crippen LogP contribution in [0.3, 0.4) is 0 Å². The zero-order chi connectivity index (χ0) is 32.0. The van der Waals surface area contributed by atoms with Crippen molar-refractivity contribution in [3.05, 3.63) is 0 Å². The first-order valence-corrected chi connectivity index (χ1v) is 18.9. The second-order valence-electron chi connectivity index (χ2n) is 12.9. The summed E-state index contributed by atoms with van der Waals surface area (Å²) in [7, 11) is 0. The SMILES string of the molecule is C1CCC(OCCOCCOCCN(CCOCCOCCOC2CCCCC2)CCOCCOCCOC2CCCCC2)CC1. The Kier molecular flexibility index (Phi) is 25.7. The van der Waals surface area contributed by atoms with Gasteiger partial charge < -0.3 is 42.6 Å². The summed E-state index contributed by atoms with van der Waals surface area (Å²) in [5, 5.41) is 0. The minimum atomic E-state index is 0.434. The highest BCUT2D eigenvalue weighted by atomic mass is 16.6. The zero-order valence-corrected chi connectivity index (χ0v) is 29.2. The largest absolute Gasteiger partial charge is 0.378 e. The van der Waals surface area contributed by atoms with Crippen molar-refractivity contribution in [2.24, 2.45) is 0 Å². The molecule has 3 saturated carbocycles. The van der Waals surface area contributed by atoms with E-state index in [4.69, 9.17) is 42.6 Å². The van der Waals surface area contributed by atoms with E-state index in [1.165, 1.54) is 96.3 Å². The van der Waals surface area contributed by atoms with Gasteiger partial charge in [-0.3, -0.25) is 4.90 Å². The molecule has 0 spiro atoms. The number of rotatable bonds is 30. The van der Waals surface area contributed by atoms with Crippen LogP contribution in [-0.4, -0.2) is 142 Å². The lowest BCUT2D eigenvalue weighted by molar-refractivity contribution is -0.0292. The summed E-state index contributed by atoms with van der Waals surface area (Å²) in [5.74, 6) is 0. The molecular formula is C36H69NO9. The molecule has 0 aromatic rings. The molecule has 0 atom stereocenters. The predicted molar refractivity (Wildman–Crippen MR) is 180 cm³/mol. The fourth-order valence-corrected chi connectivity index (χ4v) is 6.40. The van der Waals surface area contributed by atoms with E-state index in [-0.39, 0.29) is 0 Å². The molecule has 3 rings (SSSR count). The van der Waals surface area contributed by atoms with Gasteiger partial charge in [0.15, 0.2) is 0 Å². The number of hydrogen-bond acceptors (Lipinski definition) is 10. The molecule has 272 valence electrons. The van der Waals surface area contributed by atoms with Crippen LogP contribution in [0.15, 0.2) is 0 Å². The van der Waals surface area contributed by atoms with Crippen LogP contribution < -0.4 is 0 Å². The summed E-state index contributed by atoms with van der Waals surface area (Å²) in [4.78, 5) is 2.33. The standard InChI is InChI=1S/C36H69NO9/c1-4-10-34(11-5-1)44-31-28-41-25-22-38-19-16-37(17-20-39-23-26-42-29-32-45-35-12-6-2-7-13-35)18-21-40-24-27-43-30-33-46-36-14-8-3-9-15-36/h34-36H,1-33H2. The molecule has 46 heavy (non-hydrogen) atoms. The first-order chi connectivity index (χ1) is 22.9. The van der Waals surface area contributed by atoms with Gasteiger partial charge in [-0.25, -0.2) is 0 Å². The Morgan fingerprint density at radius 2 is 0.522 bits per heavy atom. The van der Waals surface area contributed by atoms with Crippen molar-refractivity contribution in [2.45, 2.75) is 115 Å². The Bertz CT molecular complexity index is 557. The summed E-state index contributed by atoms with van der Waals surface area (Å²) >= 11 is 0. The van der Waals surface area contributed by atoms with Gasteiger partial charge in [0.2, 0.25) is 0 Å². The summed E-state index contributed by atoms with van der Waals surface area (Å²) in [5.41, 5.74) is 0. The lowest BCUT2D eigenvalue weighted by atomic mass is 9.98. The van der Waals surface area contributed by atoms with Gasteiger partial charge in [0, 0.05) is 19.6 Å². The van der Waals surface area contributed by atoms with Gasteiger partial charge in [-0.2, -0.15) is 0 Å². The number of ether oxygens (including phenoxy) is 9. The maximum absolute atomic E-state index is 5.92. The highest BCUT2D eigenvalue weighted by Crippen LogP contribution is 2.21. The van der Waals surface area contributed by atoms with Crippen LogP contribution in [0.25, 0.3) is 0 Å². The van der Waals surface area contributed by atoms with Gasteiger partial charge in [-0.05, 0) is 38.5 Å². The molecule has 3 aliphatic carbocycles. The fourth-order valence-electron chi connectivity index (χ4n) is 6.40. The molecule has 0 amide bonds. The van der Waals surface area contributed by atoms with Crippen LogP contribution in [0, 0.1) is 0 Å². The molecule has 10 heteroatoms. The molecule has 0 aromatic heterocycles. The fraction of sp³-hybridized carbons (Fsp3) is 1.00. The third-order valence-corrected chi connectivity index (χ3v) is 9.17. The maximum atomic E-state index is 5.92. The molecule has 0 bridgehead atoms. The van der Waals surface area contributed by atoms with Crippen molar-refractivity contribution >= 4 is 0 Å². The predicted octanol–water partition coefficient (Wildman–Crippen LogP) is 5.44. The normalized spacial score (nSPS) is 19.0. The van der Waals surface area contributed by atoms with E-state index in [2.05, 4.69) is 4.90 Å². The zero-order valence-electron chi connectivity index (χ0n) is 29.2. The van der Waals surface area contributed by atoms with Crippen molar-refractivity contribution in [1.29, 1.82) is 0 Å². The summed E-state index contributed by atoms with van der Waals surface area (Å²) in [6.07, 6.45) is 20.3. The van der Waals surface area contributed by atoms with Crippen molar-refractivity contribution < 1.29 is 42.6 Å². The molecule has 0 aromatic carbocycles. The lowest BCUT2D eigenvalue weighted by Gasteiger charge is -2.23. The first-order valence-electron chi connectivity index (χ1n) is 18.9. The number of nitrogens with zero attached hydrogens (tertiary/aromatic N) is 1. The molecule has 10 nitrogen and oxygen atoms in total. The topological polar surface area (TPSA) is 86.3 Å². The third kappa shape index (κ3) is 22.3. The van der Waals surface area contributed by atoms with Crippen molar-refractivity contribution in [1.82, 2.24) is 4.90 Å². The van der Waals surface area contributed by atoms with Gasteiger partial charge in [-0.15, -0.1) is 0 Å². The van der Waals surface area contributed by atoms with Crippen LogP contribution >= 0.6 is 0 Å². The monoisotopic (exact) mass is 659 g/mol. The first kappa shape index (κ1) is 40.0. The van der Waals surface area contributed by atoms with Crippen LogP contribution in [0.4, 0.5) is 0 Å². The van der Waals surface area contributed by atoms with Crippen molar-refractivity contribution in [3.8, 4) is 0 Å². The van der Waals surface area contributed by atoms with Crippen LogP contribution in [-0.2, 0) is 42.6 Å². The molecule has 3 aliphatic rings. The third-order valence-electron chi connectivity index (χ3n) is 9.17. The van der Waals surface area contributed by atoms with E-state index in [0.29, 0.717) is 117 Å². The van der Waals surface area contributed by atoms with E-state index >= 15 is 0 Å². The molecule has 3 fully saturated rings. The Morgan fingerprint density at radius 1 is 0.283 bits per heavy atom. The lowest BCUT2D eigenvalue weighted by Crippen LogP contribution is -2.34. The van der Waals surface area contributed by atoms with E-state index < -0.39 is 0 Å². The van der Waals surface area contributed by atoms with Crippen LogP contribution in [0.5, 0.6) is 0 Å².